The maximum atomic E-state index is 12.1. The van der Waals surface area contributed by atoms with E-state index >= 15 is 0 Å². The van der Waals surface area contributed by atoms with Crippen molar-refractivity contribution in [3.05, 3.63) is 33.4 Å². The Morgan fingerprint density at radius 1 is 1.39 bits per heavy atom. The molecule has 0 bridgehead atoms. The van der Waals surface area contributed by atoms with Crippen LogP contribution < -0.4 is 5.32 Å². The summed E-state index contributed by atoms with van der Waals surface area (Å²) in [5.41, 5.74) is -0.0573. The molecule has 0 saturated carbocycles. The standard InChI is InChI=1S/C12H14INO3S/c1-12(6-7-18(16,17)8-12)14-11(15)9-4-2-3-5-10(9)13/h2-5H,6-8H2,1H3,(H,14,15). The van der Waals surface area contributed by atoms with Crippen LogP contribution in [0, 0.1) is 3.57 Å². The van der Waals surface area contributed by atoms with Gasteiger partial charge in [-0.1, -0.05) is 12.1 Å². The third kappa shape index (κ3) is 3.03. The normalized spacial score (nSPS) is 25.9. The molecule has 0 spiro atoms. The molecule has 4 nitrogen and oxygen atoms in total. The Kier molecular flexibility index (Phi) is 3.68. The Balaban J connectivity index is 2.16. The van der Waals surface area contributed by atoms with Gasteiger partial charge in [0.1, 0.15) is 0 Å². The molecule has 18 heavy (non-hydrogen) atoms. The van der Waals surface area contributed by atoms with Crippen molar-refractivity contribution in [2.45, 2.75) is 18.9 Å². The summed E-state index contributed by atoms with van der Waals surface area (Å²) in [5.74, 6) is -0.0373. The molecule has 1 aromatic rings. The number of hydrogen-bond acceptors (Lipinski definition) is 3. The lowest BCUT2D eigenvalue weighted by Crippen LogP contribution is -2.47. The summed E-state index contributed by atoms with van der Waals surface area (Å²) in [6.45, 7) is 1.78. The van der Waals surface area contributed by atoms with E-state index < -0.39 is 15.4 Å². The van der Waals surface area contributed by atoms with Gasteiger partial charge < -0.3 is 5.32 Å². The van der Waals surface area contributed by atoms with Gasteiger partial charge in [-0.05, 0) is 48.1 Å². The summed E-state index contributed by atoms with van der Waals surface area (Å²) >= 11 is 2.09. The first kappa shape index (κ1) is 13.8. The van der Waals surface area contributed by atoms with Gasteiger partial charge in [0.05, 0.1) is 22.6 Å². The van der Waals surface area contributed by atoms with Crippen molar-refractivity contribution in [3.8, 4) is 0 Å². The number of halogens is 1. The van der Waals surface area contributed by atoms with Crippen LogP contribution in [0.1, 0.15) is 23.7 Å². The SMILES string of the molecule is CC1(NC(=O)c2ccccc2I)CCS(=O)(=O)C1. The van der Waals surface area contributed by atoms with Crippen molar-refractivity contribution >= 4 is 38.3 Å². The summed E-state index contributed by atoms with van der Waals surface area (Å²) in [4.78, 5) is 12.1. The van der Waals surface area contributed by atoms with Crippen molar-refractivity contribution in [1.29, 1.82) is 0 Å². The highest BCUT2D eigenvalue weighted by Gasteiger charge is 2.39. The first-order chi connectivity index (χ1) is 8.31. The number of nitrogens with one attached hydrogen (secondary N) is 1. The van der Waals surface area contributed by atoms with Gasteiger partial charge in [-0.2, -0.15) is 0 Å². The second kappa shape index (κ2) is 4.80. The van der Waals surface area contributed by atoms with Gasteiger partial charge in [0, 0.05) is 3.57 Å². The predicted octanol–water partition coefficient (Wildman–Crippen LogP) is 1.60. The fourth-order valence-electron chi connectivity index (χ4n) is 2.10. The molecular formula is C12H14INO3S. The molecule has 0 radical (unpaired) electrons. The quantitative estimate of drug-likeness (QED) is 0.795. The average molecular weight is 379 g/mol. The van der Waals surface area contributed by atoms with Gasteiger partial charge >= 0.3 is 0 Å². The molecule has 1 aliphatic heterocycles. The first-order valence-electron chi connectivity index (χ1n) is 5.59. The van der Waals surface area contributed by atoms with E-state index in [1.807, 2.05) is 12.1 Å². The lowest BCUT2D eigenvalue weighted by atomic mass is 10.0. The molecule has 1 aliphatic rings. The van der Waals surface area contributed by atoms with Gasteiger partial charge in [0.15, 0.2) is 9.84 Å². The lowest BCUT2D eigenvalue weighted by molar-refractivity contribution is 0.0914. The molecule has 1 atom stereocenters. The minimum atomic E-state index is -3.01. The predicted molar refractivity (Wildman–Crippen MR) is 78.3 cm³/mol. The highest BCUT2D eigenvalue weighted by atomic mass is 127. The van der Waals surface area contributed by atoms with Crippen LogP contribution >= 0.6 is 22.6 Å². The molecule has 0 aliphatic carbocycles. The summed E-state index contributed by atoms with van der Waals surface area (Å²) in [6, 6.07) is 7.25. The van der Waals surface area contributed by atoms with Crippen molar-refractivity contribution in [3.63, 3.8) is 0 Å². The van der Waals surface area contributed by atoms with E-state index in [1.165, 1.54) is 0 Å². The minimum Gasteiger partial charge on any atom is -0.346 e. The molecule has 1 saturated heterocycles. The maximum absolute atomic E-state index is 12.1. The molecule has 0 aromatic heterocycles. The number of rotatable bonds is 2. The number of benzene rings is 1. The van der Waals surface area contributed by atoms with E-state index in [0.717, 1.165) is 3.57 Å². The fourth-order valence-corrected chi connectivity index (χ4v) is 4.82. The summed E-state index contributed by atoms with van der Waals surface area (Å²) in [6.07, 6.45) is 0.477. The molecule has 1 fully saturated rings. The molecular weight excluding hydrogens is 365 g/mol. The van der Waals surface area contributed by atoms with Crippen LogP contribution in [0.2, 0.25) is 0 Å². The summed E-state index contributed by atoms with van der Waals surface area (Å²) in [7, 11) is -3.01. The Morgan fingerprint density at radius 2 is 2.06 bits per heavy atom. The number of carbonyl (C=O) groups excluding carboxylic acids is 1. The number of carbonyl (C=O) groups is 1. The zero-order valence-corrected chi connectivity index (χ0v) is 12.9. The highest BCUT2D eigenvalue weighted by Crippen LogP contribution is 2.23. The zero-order valence-electron chi connectivity index (χ0n) is 9.94. The van der Waals surface area contributed by atoms with Gasteiger partial charge in [-0.25, -0.2) is 8.42 Å². The largest absolute Gasteiger partial charge is 0.346 e. The lowest BCUT2D eigenvalue weighted by Gasteiger charge is -2.24. The van der Waals surface area contributed by atoms with E-state index in [-0.39, 0.29) is 17.4 Å². The summed E-state index contributed by atoms with van der Waals surface area (Å²) < 4.78 is 23.8. The Hall–Kier alpha value is -0.630. The van der Waals surface area contributed by atoms with E-state index in [4.69, 9.17) is 0 Å². The molecule has 1 N–H and O–H groups in total. The Bertz CT molecular complexity index is 585. The Morgan fingerprint density at radius 3 is 2.61 bits per heavy atom. The van der Waals surface area contributed by atoms with Crippen molar-refractivity contribution < 1.29 is 13.2 Å². The van der Waals surface area contributed by atoms with Gasteiger partial charge in [0.2, 0.25) is 0 Å². The van der Waals surface area contributed by atoms with Crippen LogP contribution in [0.3, 0.4) is 0 Å². The van der Waals surface area contributed by atoms with E-state index in [0.29, 0.717) is 12.0 Å². The molecule has 98 valence electrons. The van der Waals surface area contributed by atoms with Crippen LogP contribution in [-0.4, -0.2) is 31.4 Å². The van der Waals surface area contributed by atoms with Crippen LogP contribution in [0.4, 0.5) is 0 Å². The first-order valence-corrected chi connectivity index (χ1v) is 8.49. The van der Waals surface area contributed by atoms with Gasteiger partial charge in [-0.15, -0.1) is 0 Å². The molecule has 1 heterocycles. The molecule has 1 unspecified atom stereocenters. The third-order valence-electron chi connectivity index (χ3n) is 3.04. The monoisotopic (exact) mass is 379 g/mol. The number of sulfone groups is 1. The third-order valence-corrected chi connectivity index (χ3v) is 5.88. The van der Waals surface area contributed by atoms with E-state index in [9.17, 15) is 13.2 Å². The molecule has 2 rings (SSSR count). The van der Waals surface area contributed by atoms with Gasteiger partial charge in [0.25, 0.3) is 5.91 Å². The second-order valence-electron chi connectivity index (χ2n) is 4.84. The molecule has 6 heteroatoms. The highest BCUT2D eigenvalue weighted by molar-refractivity contribution is 14.1. The number of hydrogen-bond donors (Lipinski definition) is 1. The molecule has 1 aromatic carbocycles. The van der Waals surface area contributed by atoms with Crippen LogP contribution in [-0.2, 0) is 9.84 Å². The molecule has 1 amide bonds. The minimum absolute atomic E-state index is 0.0230. The smallest absolute Gasteiger partial charge is 0.252 e. The average Bonchev–Trinajstić information content (AvgIpc) is 2.53. The van der Waals surface area contributed by atoms with Crippen LogP contribution in [0.5, 0.6) is 0 Å². The second-order valence-corrected chi connectivity index (χ2v) is 8.18. The van der Waals surface area contributed by atoms with Crippen LogP contribution in [0.25, 0.3) is 0 Å². The zero-order chi connectivity index (χ0) is 13.4. The van der Waals surface area contributed by atoms with E-state index in [2.05, 4.69) is 27.9 Å². The topological polar surface area (TPSA) is 63.2 Å². The van der Waals surface area contributed by atoms with E-state index in [1.54, 1.807) is 19.1 Å². The Labute approximate surface area is 120 Å². The fraction of sp³-hybridized carbons (Fsp3) is 0.417. The number of amides is 1. The van der Waals surface area contributed by atoms with Crippen molar-refractivity contribution in [2.24, 2.45) is 0 Å². The van der Waals surface area contributed by atoms with Crippen molar-refractivity contribution in [2.75, 3.05) is 11.5 Å². The van der Waals surface area contributed by atoms with Crippen molar-refractivity contribution in [1.82, 2.24) is 5.32 Å². The van der Waals surface area contributed by atoms with Crippen LogP contribution in [0.15, 0.2) is 24.3 Å². The summed E-state index contributed by atoms with van der Waals surface area (Å²) in [5, 5.41) is 2.85. The maximum Gasteiger partial charge on any atom is 0.252 e. The van der Waals surface area contributed by atoms with Gasteiger partial charge in [-0.3, -0.25) is 4.79 Å².